The van der Waals surface area contributed by atoms with Gasteiger partial charge in [0, 0.05) is 21.1 Å². The van der Waals surface area contributed by atoms with Gasteiger partial charge in [0.2, 0.25) is 0 Å². The fraction of sp³-hybridized carbons (Fsp3) is 0.312. The van der Waals surface area contributed by atoms with Crippen LogP contribution in [-0.2, 0) is 5.75 Å². The van der Waals surface area contributed by atoms with Crippen LogP contribution < -0.4 is 0 Å². The molecule has 0 aliphatic heterocycles. The number of ketones is 1. The van der Waals surface area contributed by atoms with E-state index in [0.29, 0.717) is 5.75 Å². The number of carbonyl (C=O) groups excluding carboxylic acids is 1. The molecular formula is C16H18OS2. The number of thiophene rings is 1. The van der Waals surface area contributed by atoms with Crippen molar-refractivity contribution in [2.24, 2.45) is 0 Å². The summed E-state index contributed by atoms with van der Waals surface area (Å²) in [5.74, 6) is 1.71. The van der Waals surface area contributed by atoms with Crippen molar-refractivity contribution in [3.63, 3.8) is 0 Å². The van der Waals surface area contributed by atoms with Gasteiger partial charge in [-0.3, -0.25) is 4.79 Å². The van der Waals surface area contributed by atoms with Crippen LogP contribution >= 0.6 is 23.1 Å². The molecule has 0 amide bonds. The van der Waals surface area contributed by atoms with Gasteiger partial charge in [-0.15, -0.1) is 23.1 Å². The fourth-order valence-corrected chi connectivity index (χ4v) is 3.94. The third-order valence-electron chi connectivity index (χ3n) is 3.09. The van der Waals surface area contributed by atoms with Gasteiger partial charge in [-0.2, -0.15) is 0 Å². The van der Waals surface area contributed by atoms with Gasteiger partial charge < -0.3 is 0 Å². The fourth-order valence-electron chi connectivity index (χ4n) is 2.01. The second kappa shape index (κ2) is 6.40. The summed E-state index contributed by atoms with van der Waals surface area (Å²) < 4.78 is 0. The van der Waals surface area contributed by atoms with Crippen molar-refractivity contribution in [2.75, 3.05) is 5.75 Å². The first kappa shape index (κ1) is 14.4. The van der Waals surface area contributed by atoms with Crippen molar-refractivity contribution in [1.29, 1.82) is 0 Å². The summed E-state index contributed by atoms with van der Waals surface area (Å²) in [6.07, 6.45) is 0. The predicted octanol–water partition coefficient (Wildman–Crippen LogP) is 4.79. The Labute approximate surface area is 123 Å². The van der Waals surface area contributed by atoms with E-state index in [9.17, 15) is 4.79 Å². The highest BCUT2D eigenvalue weighted by Gasteiger charge is 2.12. The zero-order valence-corrected chi connectivity index (χ0v) is 13.2. The van der Waals surface area contributed by atoms with Crippen LogP contribution in [0, 0.1) is 20.8 Å². The lowest BCUT2D eigenvalue weighted by atomic mass is 10.1. The van der Waals surface area contributed by atoms with Crippen LogP contribution in [0.2, 0.25) is 0 Å². The highest BCUT2D eigenvalue weighted by atomic mass is 32.2. The number of carbonyl (C=O) groups is 1. The standard InChI is InChI=1S/C16H18OS2/c1-11-6-4-5-7-14(11)9-18-10-16(17)15-8-12(2)19-13(15)3/h4-8H,9-10H2,1-3H3. The Morgan fingerprint density at radius 1 is 1.21 bits per heavy atom. The number of thioether (sulfide) groups is 1. The summed E-state index contributed by atoms with van der Waals surface area (Å²) in [6, 6.07) is 10.4. The van der Waals surface area contributed by atoms with Crippen molar-refractivity contribution in [1.82, 2.24) is 0 Å². The first-order valence-corrected chi connectivity index (χ1v) is 8.27. The topological polar surface area (TPSA) is 17.1 Å². The van der Waals surface area contributed by atoms with E-state index in [-0.39, 0.29) is 5.78 Å². The van der Waals surface area contributed by atoms with E-state index in [1.807, 2.05) is 19.1 Å². The molecule has 0 unspecified atom stereocenters. The molecular weight excluding hydrogens is 272 g/mol. The smallest absolute Gasteiger partial charge is 0.173 e. The van der Waals surface area contributed by atoms with Crippen LogP contribution in [0.1, 0.15) is 31.2 Å². The Morgan fingerprint density at radius 3 is 2.58 bits per heavy atom. The molecule has 0 spiro atoms. The van der Waals surface area contributed by atoms with E-state index in [1.165, 1.54) is 16.0 Å². The maximum Gasteiger partial charge on any atom is 0.173 e. The lowest BCUT2D eigenvalue weighted by Crippen LogP contribution is -2.03. The second-order valence-corrected chi connectivity index (χ2v) is 7.12. The molecule has 19 heavy (non-hydrogen) atoms. The van der Waals surface area contributed by atoms with Crippen molar-refractivity contribution in [2.45, 2.75) is 26.5 Å². The molecule has 3 heteroatoms. The molecule has 0 saturated heterocycles. The monoisotopic (exact) mass is 290 g/mol. The second-order valence-electron chi connectivity index (χ2n) is 4.67. The number of hydrogen-bond acceptors (Lipinski definition) is 3. The Hall–Kier alpha value is -1.06. The number of Topliss-reactive ketones (excluding diaryl/α,β-unsaturated/α-hetero) is 1. The van der Waals surface area contributed by atoms with E-state index in [4.69, 9.17) is 0 Å². The van der Waals surface area contributed by atoms with Gasteiger partial charge in [-0.05, 0) is 38.0 Å². The van der Waals surface area contributed by atoms with Crippen molar-refractivity contribution >= 4 is 28.9 Å². The van der Waals surface area contributed by atoms with Gasteiger partial charge in [0.05, 0.1) is 5.75 Å². The summed E-state index contributed by atoms with van der Waals surface area (Å²) in [7, 11) is 0. The minimum Gasteiger partial charge on any atom is -0.293 e. The molecule has 0 aliphatic carbocycles. The molecule has 0 fully saturated rings. The van der Waals surface area contributed by atoms with Gasteiger partial charge in [-0.1, -0.05) is 24.3 Å². The summed E-state index contributed by atoms with van der Waals surface area (Å²) in [4.78, 5) is 14.5. The van der Waals surface area contributed by atoms with Crippen molar-refractivity contribution < 1.29 is 4.79 Å². The molecule has 0 bridgehead atoms. The molecule has 0 radical (unpaired) electrons. The van der Waals surface area contributed by atoms with Crippen LogP contribution in [0.4, 0.5) is 0 Å². The summed E-state index contributed by atoms with van der Waals surface area (Å²) in [5, 5.41) is 0. The van der Waals surface area contributed by atoms with Crippen LogP contribution in [0.5, 0.6) is 0 Å². The molecule has 1 aromatic carbocycles. The molecule has 2 aromatic rings. The highest BCUT2D eigenvalue weighted by Crippen LogP contribution is 2.23. The number of hydrogen-bond donors (Lipinski definition) is 0. The van der Waals surface area contributed by atoms with E-state index >= 15 is 0 Å². The van der Waals surface area contributed by atoms with E-state index in [1.54, 1.807) is 23.1 Å². The summed E-state index contributed by atoms with van der Waals surface area (Å²) in [5.41, 5.74) is 3.52. The molecule has 0 N–H and O–H groups in total. The number of aryl methyl sites for hydroxylation is 3. The third-order valence-corrected chi connectivity index (χ3v) is 5.04. The lowest BCUT2D eigenvalue weighted by molar-refractivity contribution is 0.102. The molecule has 0 aliphatic rings. The Morgan fingerprint density at radius 2 is 1.95 bits per heavy atom. The van der Waals surface area contributed by atoms with Gasteiger partial charge in [-0.25, -0.2) is 0 Å². The SMILES string of the molecule is Cc1cc(C(=O)CSCc2ccccc2C)c(C)s1. The maximum absolute atomic E-state index is 12.1. The first-order valence-electron chi connectivity index (χ1n) is 6.30. The van der Waals surface area contributed by atoms with E-state index in [2.05, 4.69) is 32.0 Å². The van der Waals surface area contributed by atoms with Crippen molar-refractivity contribution in [3.05, 3.63) is 56.8 Å². The third kappa shape index (κ3) is 3.71. The largest absolute Gasteiger partial charge is 0.293 e. The summed E-state index contributed by atoms with van der Waals surface area (Å²) >= 11 is 3.40. The molecule has 1 heterocycles. The van der Waals surface area contributed by atoms with Crippen LogP contribution in [0.15, 0.2) is 30.3 Å². The molecule has 0 saturated carbocycles. The highest BCUT2D eigenvalue weighted by molar-refractivity contribution is 7.99. The molecule has 1 aromatic heterocycles. The first-order chi connectivity index (χ1) is 9.08. The average molecular weight is 290 g/mol. The zero-order valence-electron chi connectivity index (χ0n) is 11.5. The Kier molecular flexibility index (Phi) is 4.83. The average Bonchev–Trinajstić information content (AvgIpc) is 2.71. The van der Waals surface area contributed by atoms with Gasteiger partial charge >= 0.3 is 0 Å². The predicted molar refractivity (Wildman–Crippen MR) is 85.5 cm³/mol. The Bertz CT molecular complexity index is 584. The maximum atomic E-state index is 12.1. The van der Waals surface area contributed by atoms with E-state index in [0.717, 1.165) is 16.2 Å². The number of benzene rings is 1. The van der Waals surface area contributed by atoms with Crippen LogP contribution in [0.3, 0.4) is 0 Å². The van der Waals surface area contributed by atoms with Gasteiger partial charge in [0.15, 0.2) is 5.78 Å². The lowest BCUT2D eigenvalue weighted by Gasteiger charge is -2.04. The normalized spacial score (nSPS) is 10.7. The van der Waals surface area contributed by atoms with Gasteiger partial charge in [0.1, 0.15) is 0 Å². The zero-order chi connectivity index (χ0) is 13.8. The van der Waals surface area contributed by atoms with Crippen molar-refractivity contribution in [3.8, 4) is 0 Å². The van der Waals surface area contributed by atoms with Gasteiger partial charge in [0.25, 0.3) is 0 Å². The van der Waals surface area contributed by atoms with Crippen LogP contribution in [-0.4, -0.2) is 11.5 Å². The summed E-state index contributed by atoms with van der Waals surface area (Å²) in [6.45, 7) is 6.19. The molecule has 100 valence electrons. The number of rotatable bonds is 5. The minimum atomic E-state index is 0.250. The molecule has 0 atom stereocenters. The Balaban J connectivity index is 1.91. The van der Waals surface area contributed by atoms with E-state index < -0.39 is 0 Å². The molecule has 2 rings (SSSR count). The van der Waals surface area contributed by atoms with Crippen LogP contribution in [0.25, 0.3) is 0 Å². The quantitative estimate of drug-likeness (QED) is 0.736. The minimum absolute atomic E-state index is 0.250. The molecule has 1 nitrogen and oxygen atoms in total.